The Morgan fingerprint density at radius 3 is 3.06 bits per heavy atom. The molecule has 18 heavy (non-hydrogen) atoms. The molecule has 98 valence electrons. The normalized spacial score (nSPS) is 16.4. The summed E-state index contributed by atoms with van der Waals surface area (Å²) in [6, 6.07) is 7.53. The van der Waals surface area contributed by atoms with Gasteiger partial charge in [-0.15, -0.1) is 0 Å². The molecular weight excluding hydrogens is 230 g/mol. The summed E-state index contributed by atoms with van der Waals surface area (Å²) in [5.41, 5.74) is 6.39. The smallest absolute Gasteiger partial charge is 0.236 e. The van der Waals surface area contributed by atoms with Crippen LogP contribution in [0.1, 0.15) is 6.42 Å². The van der Waals surface area contributed by atoms with Crippen molar-refractivity contribution >= 4 is 11.6 Å². The monoisotopic (exact) mass is 249 g/mol. The number of nitrogens with zero attached hydrogens (tertiary/aromatic N) is 1. The number of nitrogens with two attached hydrogens (primary N) is 1. The molecule has 1 heterocycles. The number of hydrogen-bond acceptors (Lipinski definition) is 4. The Morgan fingerprint density at radius 1 is 1.56 bits per heavy atom. The minimum atomic E-state index is -0.351. The van der Waals surface area contributed by atoms with Crippen LogP contribution in [0.4, 0.5) is 5.69 Å². The molecule has 1 aromatic carbocycles. The quantitative estimate of drug-likeness (QED) is 0.808. The lowest BCUT2D eigenvalue weighted by Gasteiger charge is -2.27. The molecule has 1 atom stereocenters. The molecule has 0 spiro atoms. The fourth-order valence-corrected chi connectivity index (χ4v) is 2.13. The molecule has 3 N–H and O–H groups in total. The topological polar surface area (TPSA) is 67.6 Å². The predicted molar refractivity (Wildman–Crippen MR) is 70.8 cm³/mol. The number of fused-ring (bicyclic) bond motifs is 1. The zero-order chi connectivity index (χ0) is 13.0. The number of hydrogen-bond donors (Lipinski definition) is 2. The molecule has 0 aromatic heterocycles. The molecule has 5 heteroatoms. The van der Waals surface area contributed by atoms with Crippen LogP contribution in [-0.4, -0.2) is 38.7 Å². The second-order valence-corrected chi connectivity index (χ2v) is 4.36. The SMILES string of the molecule is CNC(CN1CCCOc2ccccc21)C(N)=O. The van der Waals surface area contributed by atoms with Crippen molar-refractivity contribution in [2.24, 2.45) is 5.73 Å². The lowest BCUT2D eigenvalue weighted by atomic mass is 10.2. The van der Waals surface area contributed by atoms with Gasteiger partial charge in [-0.3, -0.25) is 4.79 Å². The number of nitrogens with one attached hydrogen (secondary N) is 1. The molecule has 0 fully saturated rings. The number of rotatable bonds is 4. The highest BCUT2D eigenvalue weighted by molar-refractivity contribution is 5.80. The molecule has 1 unspecified atom stereocenters. The highest BCUT2D eigenvalue weighted by Gasteiger charge is 2.21. The van der Waals surface area contributed by atoms with Crippen molar-refractivity contribution in [3.8, 4) is 5.75 Å². The standard InChI is InChI=1S/C13H19N3O2/c1-15-10(13(14)17)9-16-7-4-8-18-12-6-3-2-5-11(12)16/h2-3,5-6,10,15H,4,7-9H2,1H3,(H2,14,17). The van der Waals surface area contributed by atoms with Crippen molar-refractivity contribution in [2.75, 3.05) is 31.6 Å². The van der Waals surface area contributed by atoms with Crippen molar-refractivity contribution < 1.29 is 9.53 Å². The molecule has 0 saturated carbocycles. The molecule has 0 bridgehead atoms. The van der Waals surface area contributed by atoms with Gasteiger partial charge in [0.2, 0.25) is 5.91 Å². The van der Waals surface area contributed by atoms with Crippen LogP contribution in [0, 0.1) is 0 Å². The van der Waals surface area contributed by atoms with E-state index in [1.165, 1.54) is 0 Å². The molecule has 2 rings (SSSR count). The number of carbonyl (C=O) groups excluding carboxylic acids is 1. The fraction of sp³-hybridized carbons (Fsp3) is 0.462. The molecule has 0 aliphatic carbocycles. The third-order valence-electron chi connectivity index (χ3n) is 3.13. The Labute approximate surface area is 107 Å². The lowest BCUT2D eigenvalue weighted by molar-refractivity contribution is -0.119. The number of benzene rings is 1. The molecule has 0 saturated heterocycles. The summed E-state index contributed by atoms with van der Waals surface area (Å²) < 4.78 is 5.68. The number of amides is 1. The number of likely N-dealkylation sites (N-methyl/N-ethyl adjacent to an activating group) is 1. The predicted octanol–water partition coefficient (Wildman–Crippen LogP) is 0.349. The third-order valence-corrected chi connectivity index (χ3v) is 3.13. The third kappa shape index (κ3) is 2.73. The second-order valence-electron chi connectivity index (χ2n) is 4.36. The van der Waals surface area contributed by atoms with Crippen LogP contribution in [0.3, 0.4) is 0 Å². The Balaban J connectivity index is 2.19. The summed E-state index contributed by atoms with van der Waals surface area (Å²) in [6.07, 6.45) is 0.934. The number of para-hydroxylation sites is 2. The first-order chi connectivity index (χ1) is 8.72. The Kier molecular flexibility index (Phi) is 4.04. The maximum Gasteiger partial charge on any atom is 0.236 e. The van der Waals surface area contributed by atoms with Crippen LogP contribution in [0.2, 0.25) is 0 Å². The van der Waals surface area contributed by atoms with E-state index in [0.29, 0.717) is 13.2 Å². The van der Waals surface area contributed by atoms with E-state index in [1.54, 1.807) is 7.05 Å². The van der Waals surface area contributed by atoms with Gasteiger partial charge in [0.1, 0.15) is 11.8 Å². The lowest BCUT2D eigenvalue weighted by Crippen LogP contribution is -2.48. The average Bonchev–Trinajstić information content (AvgIpc) is 2.58. The first-order valence-electron chi connectivity index (χ1n) is 6.15. The van der Waals surface area contributed by atoms with E-state index < -0.39 is 0 Å². The van der Waals surface area contributed by atoms with Gasteiger partial charge in [0.05, 0.1) is 12.3 Å². The van der Waals surface area contributed by atoms with E-state index in [2.05, 4.69) is 10.2 Å². The van der Waals surface area contributed by atoms with Gasteiger partial charge in [-0.25, -0.2) is 0 Å². The molecule has 5 nitrogen and oxygen atoms in total. The summed E-state index contributed by atoms with van der Waals surface area (Å²) >= 11 is 0. The van der Waals surface area contributed by atoms with Gasteiger partial charge >= 0.3 is 0 Å². The van der Waals surface area contributed by atoms with Gasteiger partial charge in [0, 0.05) is 13.1 Å². The van der Waals surface area contributed by atoms with Crippen LogP contribution in [0.15, 0.2) is 24.3 Å². The number of primary amides is 1. The Hall–Kier alpha value is -1.75. The van der Waals surface area contributed by atoms with E-state index in [1.807, 2.05) is 24.3 Å². The van der Waals surface area contributed by atoms with E-state index in [4.69, 9.17) is 10.5 Å². The highest BCUT2D eigenvalue weighted by Crippen LogP contribution is 2.30. The van der Waals surface area contributed by atoms with E-state index in [-0.39, 0.29) is 11.9 Å². The van der Waals surface area contributed by atoms with Crippen molar-refractivity contribution in [1.82, 2.24) is 5.32 Å². The van der Waals surface area contributed by atoms with Crippen molar-refractivity contribution in [3.05, 3.63) is 24.3 Å². The maximum absolute atomic E-state index is 11.3. The molecule has 1 aliphatic rings. The van der Waals surface area contributed by atoms with Crippen LogP contribution in [0.5, 0.6) is 5.75 Å². The summed E-state index contributed by atoms with van der Waals surface area (Å²) in [5.74, 6) is 0.537. The van der Waals surface area contributed by atoms with Crippen LogP contribution < -0.4 is 20.7 Å². The van der Waals surface area contributed by atoms with Crippen LogP contribution in [-0.2, 0) is 4.79 Å². The molecule has 1 aromatic rings. The largest absolute Gasteiger partial charge is 0.491 e. The van der Waals surface area contributed by atoms with Gasteiger partial charge in [-0.05, 0) is 25.6 Å². The second kappa shape index (κ2) is 5.73. The summed E-state index contributed by atoms with van der Waals surface area (Å²) in [5, 5.41) is 2.94. The fourth-order valence-electron chi connectivity index (χ4n) is 2.13. The Bertz CT molecular complexity index is 422. The van der Waals surface area contributed by atoms with Gasteiger partial charge in [0.15, 0.2) is 0 Å². The summed E-state index contributed by atoms with van der Waals surface area (Å²) in [4.78, 5) is 13.5. The van der Waals surface area contributed by atoms with Gasteiger partial charge in [-0.1, -0.05) is 12.1 Å². The zero-order valence-corrected chi connectivity index (χ0v) is 10.6. The van der Waals surface area contributed by atoms with Gasteiger partial charge in [0.25, 0.3) is 0 Å². The minimum absolute atomic E-state index is 0.333. The summed E-state index contributed by atoms with van der Waals surface area (Å²) in [6.45, 7) is 2.13. The molecule has 1 aliphatic heterocycles. The first kappa shape index (κ1) is 12.7. The average molecular weight is 249 g/mol. The van der Waals surface area contributed by atoms with E-state index in [9.17, 15) is 4.79 Å². The zero-order valence-electron chi connectivity index (χ0n) is 10.6. The van der Waals surface area contributed by atoms with Crippen LogP contribution in [0.25, 0.3) is 0 Å². The minimum Gasteiger partial charge on any atom is -0.491 e. The molecule has 1 amide bonds. The Morgan fingerprint density at radius 2 is 2.33 bits per heavy atom. The number of anilines is 1. The van der Waals surface area contributed by atoms with Crippen molar-refractivity contribution in [1.29, 1.82) is 0 Å². The van der Waals surface area contributed by atoms with Crippen molar-refractivity contribution in [3.63, 3.8) is 0 Å². The maximum atomic E-state index is 11.3. The van der Waals surface area contributed by atoms with Crippen molar-refractivity contribution in [2.45, 2.75) is 12.5 Å². The number of carbonyl (C=O) groups is 1. The van der Waals surface area contributed by atoms with Gasteiger partial charge < -0.3 is 20.7 Å². The van der Waals surface area contributed by atoms with Crippen LogP contribution >= 0.6 is 0 Å². The van der Waals surface area contributed by atoms with E-state index in [0.717, 1.165) is 24.4 Å². The highest BCUT2D eigenvalue weighted by atomic mass is 16.5. The number of ether oxygens (including phenoxy) is 1. The molecular formula is C13H19N3O2. The first-order valence-corrected chi connectivity index (χ1v) is 6.15. The molecule has 0 radical (unpaired) electrons. The van der Waals surface area contributed by atoms with E-state index >= 15 is 0 Å². The van der Waals surface area contributed by atoms with Gasteiger partial charge in [-0.2, -0.15) is 0 Å². The summed E-state index contributed by atoms with van der Waals surface area (Å²) in [7, 11) is 1.75.